The fourth-order valence-corrected chi connectivity index (χ4v) is 7.91. The lowest BCUT2D eigenvalue weighted by Gasteiger charge is -2.26. The lowest BCUT2D eigenvalue weighted by atomic mass is 9.95. The number of hydrogen-bond donors (Lipinski definition) is 1. The van der Waals surface area contributed by atoms with Crippen molar-refractivity contribution in [2.45, 2.75) is 32.9 Å². The van der Waals surface area contributed by atoms with Gasteiger partial charge in [0.25, 0.3) is 0 Å². The van der Waals surface area contributed by atoms with E-state index in [1.165, 1.54) is 23.5 Å². The molecule has 13 heteroatoms. The van der Waals surface area contributed by atoms with Gasteiger partial charge in [0.2, 0.25) is 5.91 Å². The highest BCUT2D eigenvalue weighted by Gasteiger charge is 2.39. The van der Waals surface area contributed by atoms with E-state index in [9.17, 15) is 9.18 Å². The van der Waals surface area contributed by atoms with Crippen LogP contribution >= 0.6 is 11.3 Å². The predicted molar refractivity (Wildman–Crippen MR) is 197 cm³/mol. The quantitative estimate of drug-likeness (QED) is 0.0922. The second-order valence-electron chi connectivity index (χ2n) is 12.2. The summed E-state index contributed by atoms with van der Waals surface area (Å²) >= 11 is 1.47. The lowest BCUT2D eigenvalue weighted by Crippen LogP contribution is -2.37. The molecule has 6 aromatic rings. The van der Waals surface area contributed by atoms with Crippen LogP contribution in [-0.2, 0) is 29.7 Å². The van der Waals surface area contributed by atoms with Crippen molar-refractivity contribution in [3.8, 4) is 28.1 Å². The average Bonchev–Trinajstić information content (AvgIpc) is 3.95. The molecule has 0 saturated carbocycles. The maximum absolute atomic E-state index is 15.9. The topological polar surface area (TPSA) is 108 Å². The number of carbonyl (C=O) groups excluding carboxylic acids is 1. The summed E-state index contributed by atoms with van der Waals surface area (Å²) in [6.07, 6.45) is 6.75. The number of carbonyl (C=O) groups is 1. The Morgan fingerprint density at radius 2 is 1.94 bits per heavy atom. The number of aryl methyl sites for hydroxylation is 1. The van der Waals surface area contributed by atoms with Gasteiger partial charge in [0, 0.05) is 57.9 Å². The number of aliphatic hydroxyl groups excluding tert-OH is 1. The van der Waals surface area contributed by atoms with Crippen LogP contribution in [0.25, 0.3) is 43.4 Å². The number of ether oxygens (including phenoxy) is 2. The van der Waals surface area contributed by atoms with Gasteiger partial charge >= 0.3 is 0 Å². The van der Waals surface area contributed by atoms with Crippen LogP contribution in [-0.4, -0.2) is 73.4 Å². The second kappa shape index (κ2) is 14.8. The summed E-state index contributed by atoms with van der Waals surface area (Å²) in [5.41, 5.74) is 5.63. The van der Waals surface area contributed by atoms with Gasteiger partial charge < -0.3 is 19.5 Å². The zero-order chi connectivity index (χ0) is 36.5. The minimum absolute atomic E-state index is 0.0465. The predicted octanol–water partition coefficient (Wildman–Crippen LogP) is 6.98. The van der Waals surface area contributed by atoms with Gasteiger partial charge in [-0.05, 0) is 47.4 Å². The molecular weight excluding hydrogens is 687 g/mol. The zero-order valence-electron chi connectivity index (χ0n) is 29.1. The van der Waals surface area contributed by atoms with Crippen LogP contribution in [0.15, 0.2) is 72.8 Å². The molecule has 2 aromatic carbocycles. The lowest BCUT2D eigenvalue weighted by molar-refractivity contribution is -0.127. The minimum atomic E-state index is -0.680. The van der Waals surface area contributed by atoms with Crippen molar-refractivity contribution in [1.82, 2.24) is 29.4 Å². The maximum Gasteiger partial charge on any atom is 0.246 e. The number of aromatic nitrogens is 5. The normalized spacial score (nSPS) is 14.7. The summed E-state index contributed by atoms with van der Waals surface area (Å²) in [5.74, 6) is -1.59. The van der Waals surface area contributed by atoms with Crippen molar-refractivity contribution >= 4 is 38.2 Å². The summed E-state index contributed by atoms with van der Waals surface area (Å²) in [6.45, 7) is 9.72. The third kappa shape index (κ3) is 6.18. The van der Waals surface area contributed by atoms with Gasteiger partial charge in [0.15, 0.2) is 0 Å². The van der Waals surface area contributed by atoms with Crippen molar-refractivity contribution in [3.05, 3.63) is 107 Å². The first-order valence-electron chi connectivity index (χ1n) is 17.2. The number of aliphatic hydroxyl groups is 1. The highest BCUT2D eigenvalue weighted by atomic mass is 32.1. The number of rotatable bonds is 10. The highest BCUT2D eigenvalue weighted by molar-refractivity contribution is 7.17. The molecule has 5 heterocycles. The Kier molecular flexibility index (Phi) is 10.00. The van der Waals surface area contributed by atoms with Crippen LogP contribution < -0.4 is 4.74 Å². The van der Waals surface area contributed by atoms with Crippen LogP contribution in [0.4, 0.5) is 8.78 Å². The molecule has 0 bridgehead atoms. The van der Waals surface area contributed by atoms with Crippen LogP contribution in [0.2, 0.25) is 0 Å². The summed E-state index contributed by atoms with van der Waals surface area (Å²) < 4.78 is 47.0. The third-order valence-corrected chi connectivity index (χ3v) is 10.1. The molecule has 0 radical (unpaired) electrons. The first kappa shape index (κ1) is 35.2. The molecule has 0 fully saturated rings. The molecule has 1 aliphatic carbocycles. The Morgan fingerprint density at radius 1 is 1.12 bits per heavy atom. The van der Waals surface area contributed by atoms with E-state index in [-0.39, 0.29) is 25.7 Å². The van der Waals surface area contributed by atoms with Gasteiger partial charge in [-0.1, -0.05) is 26.5 Å². The number of hydrogen-bond acceptors (Lipinski definition) is 8. The fraction of sp³-hybridized carbons (Fsp3) is 0.282. The van der Waals surface area contributed by atoms with Gasteiger partial charge in [0.1, 0.15) is 24.0 Å². The van der Waals surface area contributed by atoms with Crippen molar-refractivity contribution in [1.29, 1.82) is 0 Å². The molecule has 1 atom stereocenters. The Labute approximate surface area is 303 Å². The molecule has 1 N–H and O–H groups in total. The molecule has 0 spiro atoms. The Bertz CT molecular complexity index is 2340. The van der Waals surface area contributed by atoms with E-state index < -0.39 is 17.6 Å². The van der Waals surface area contributed by atoms with Gasteiger partial charge in [-0.2, -0.15) is 10.2 Å². The first-order valence-corrected chi connectivity index (χ1v) is 18.0. The first-order chi connectivity index (χ1) is 25.4. The summed E-state index contributed by atoms with van der Waals surface area (Å²) in [5, 5.41) is 22.0. The minimum Gasteiger partial charge on any atom is -0.489 e. The van der Waals surface area contributed by atoms with E-state index in [0.29, 0.717) is 65.8 Å². The fourth-order valence-electron chi connectivity index (χ4n) is 6.95. The van der Waals surface area contributed by atoms with E-state index in [2.05, 4.69) is 11.7 Å². The third-order valence-electron chi connectivity index (χ3n) is 9.21. The van der Waals surface area contributed by atoms with Gasteiger partial charge in [-0.25, -0.2) is 8.78 Å². The van der Waals surface area contributed by atoms with Gasteiger partial charge in [-0.15, -0.1) is 11.3 Å². The van der Waals surface area contributed by atoms with Gasteiger partial charge in [0.05, 0.1) is 73.3 Å². The van der Waals surface area contributed by atoms with Crippen LogP contribution in [0.5, 0.6) is 5.75 Å². The summed E-state index contributed by atoms with van der Waals surface area (Å²) in [6, 6.07) is 10.1. The van der Waals surface area contributed by atoms with Crippen molar-refractivity contribution < 1.29 is 28.2 Å². The number of nitrogens with zero attached hydrogens (tertiary/aromatic N) is 6. The molecule has 1 amide bonds. The Balaban J connectivity index is 0.00000207. The summed E-state index contributed by atoms with van der Waals surface area (Å²) in [7, 11) is 1.86. The smallest absolute Gasteiger partial charge is 0.246 e. The molecule has 1 unspecified atom stereocenters. The van der Waals surface area contributed by atoms with E-state index in [1.54, 1.807) is 15.8 Å². The van der Waals surface area contributed by atoms with Crippen LogP contribution in [0, 0.1) is 11.6 Å². The Hall–Kier alpha value is -5.24. The molecule has 268 valence electrons. The second-order valence-corrected chi connectivity index (χ2v) is 13.1. The monoisotopic (exact) mass is 724 g/mol. The van der Waals surface area contributed by atoms with Crippen molar-refractivity contribution in [2.75, 3.05) is 33.0 Å². The standard InChI is InChI=1S/C37H32F2N6O4S.C2H6/c1-3-31(47)44-7-8-45-23(20-44)17-28(42-45)33-26-15-22(38)16-27(39)32(26)34-36(33)41-35(24-6-13-50-37(24)34)25-14-21-19-40-43(2)29(21)18-30(25)49-11-5-4-10-48-12-9-46;1-2/h3-6,13-19,33,46H,1,7-12,20H2,2H3;1-2H3/b5-4+;. The average molecular weight is 725 g/mol. The molecule has 8 rings (SSSR count). The molecular formula is C39H38F2N6O4S. The largest absolute Gasteiger partial charge is 0.489 e. The number of halogens is 2. The van der Waals surface area contributed by atoms with Crippen molar-refractivity contribution in [3.63, 3.8) is 0 Å². The highest BCUT2D eigenvalue weighted by Crippen LogP contribution is 2.54. The van der Waals surface area contributed by atoms with E-state index >= 15 is 4.39 Å². The van der Waals surface area contributed by atoms with Crippen molar-refractivity contribution in [2.24, 2.45) is 7.05 Å². The number of pyridine rings is 1. The molecule has 52 heavy (non-hydrogen) atoms. The zero-order valence-corrected chi connectivity index (χ0v) is 29.9. The van der Waals surface area contributed by atoms with E-state index in [1.807, 2.05) is 67.4 Å². The Morgan fingerprint density at radius 3 is 2.75 bits per heavy atom. The molecule has 10 nitrogen and oxygen atoms in total. The number of benzene rings is 2. The molecule has 2 aliphatic rings. The number of thiophene rings is 1. The SMILES string of the molecule is C=CC(=O)N1CCn2nc(C3c4cc(F)cc(F)c4-c4c3nc(-c3cc5cnn(C)c5cc3OC/C=C/COCCO)c3ccsc43)cc2C1.CC. The summed E-state index contributed by atoms with van der Waals surface area (Å²) in [4.78, 5) is 19.4. The van der Waals surface area contributed by atoms with E-state index in [0.717, 1.165) is 38.3 Å². The van der Waals surface area contributed by atoms with Crippen LogP contribution in [0.1, 0.15) is 42.4 Å². The molecule has 4 aromatic heterocycles. The maximum atomic E-state index is 15.9. The number of fused-ring (bicyclic) bond motifs is 7. The number of amides is 1. The molecule has 1 aliphatic heterocycles. The van der Waals surface area contributed by atoms with E-state index in [4.69, 9.17) is 24.7 Å². The van der Waals surface area contributed by atoms with Gasteiger partial charge in [-0.3, -0.25) is 19.1 Å². The van der Waals surface area contributed by atoms with Crippen LogP contribution in [0.3, 0.4) is 0 Å². The molecule has 0 saturated heterocycles.